The largest absolute Gasteiger partial charge is 0.379 e. The Labute approximate surface area is 95.4 Å². The van der Waals surface area contributed by atoms with Gasteiger partial charge >= 0.3 is 0 Å². The van der Waals surface area contributed by atoms with Gasteiger partial charge in [0.2, 0.25) is 11.7 Å². The van der Waals surface area contributed by atoms with Gasteiger partial charge in [-0.05, 0) is 0 Å². The van der Waals surface area contributed by atoms with E-state index < -0.39 is 0 Å². The van der Waals surface area contributed by atoms with Gasteiger partial charge in [-0.25, -0.2) is 0 Å². The van der Waals surface area contributed by atoms with Gasteiger partial charge in [0.05, 0.1) is 29.5 Å². The topological polar surface area (TPSA) is 87.1 Å². The Morgan fingerprint density at radius 3 is 3.06 bits per heavy atom. The van der Waals surface area contributed by atoms with Crippen molar-refractivity contribution in [2.45, 2.75) is 12.0 Å². The first-order valence-electron chi connectivity index (χ1n) is 4.90. The number of rotatable bonds is 2. The second kappa shape index (κ2) is 3.93. The number of hydrogen-bond donors (Lipinski definition) is 1. The summed E-state index contributed by atoms with van der Waals surface area (Å²) in [5.41, 5.74) is 7.61. The summed E-state index contributed by atoms with van der Waals surface area (Å²) in [4.78, 5) is 9.18. The van der Waals surface area contributed by atoms with Gasteiger partial charge in [-0.15, -0.1) is 11.3 Å². The highest BCUT2D eigenvalue weighted by Gasteiger charge is 2.31. The van der Waals surface area contributed by atoms with E-state index in [-0.39, 0.29) is 12.0 Å². The quantitative estimate of drug-likeness (QED) is 0.825. The van der Waals surface area contributed by atoms with Crippen LogP contribution in [0.2, 0.25) is 0 Å². The van der Waals surface area contributed by atoms with E-state index in [0.29, 0.717) is 24.9 Å². The average molecular weight is 238 g/mol. The zero-order valence-corrected chi connectivity index (χ0v) is 9.18. The van der Waals surface area contributed by atoms with Crippen molar-refractivity contribution in [1.82, 2.24) is 15.1 Å². The van der Waals surface area contributed by atoms with Crippen molar-refractivity contribution in [3.63, 3.8) is 0 Å². The lowest BCUT2D eigenvalue weighted by Crippen LogP contribution is -2.26. The number of aromatic nitrogens is 3. The lowest BCUT2D eigenvalue weighted by Gasteiger charge is -2.05. The zero-order chi connectivity index (χ0) is 11.0. The summed E-state index contributed by atoms with van der Waals surface area (Å²) in [6, 6.07) is -0.0604. The Kier molecular flexibility index (Phi) is 2.43. The second-order valence-corrected chi connectivity index (χ2v) is 4.52. The van der Waals surface area contributed by atoms with E-state index in [1.165, 1.54) is 11.3 Å². The molecule has 1 fully saturated rings. The molecule has 1 saturated heterocycles. The van der Waals surface area contributed by atoms with Gasteiger partial charge in [0.1, 0.15) is 0 Å². The van der Waals surface area contributed by atoms with Crippen LogP contribution in [0, 0.1) is 0 Å². The van der Waals surface area contributed by atoms with Crippen LogP contribution in [0.5, 0.6) is 0 Å². The molecular weight excluding hydrogens is 228 g/mol. The third-order valence-electron chi connectivity index (χ3n) is 2.54. The van der Waals surface area contributed by atoms with Crippen LogP contribution in [0.1, 0.15) is 11.8 Å². The van der Waals surface area contributed by atoms with E-state index in [0.717, 1.165) is 4.88 Å². The molecule has 0 bridgehead atoms. The highest BCUT2D eigenvalue weighted by Crippen LogP contribution is 2.26. The Morgan fingerprint density at radius 1 is 1.44 bits per heavy atom. The Balaban J connectivity index is 1.88. The summed E-state index contributed by atoms with van der Waals surface area (Å²) in [7, 11) is 0. The van der Waals surface area contributed by atoms with Crippen LogP contribution in [-0.2, 0) is 4.74 Å². The monoisotopic (exact) mass is 238 g/mol. The van der Waals surface area contributed by atoms with Crippen LogP contribution >= 0.6 is 11.3 Å². The molecule has 0 radical (unpaired) electrons. The van der Waals surface area contributed by atoms with E-state index in [9.17, 15) is 0 Å². The molecule has 2 N–H and O–H groups in total. The van der Waals surface area contributed by atoms with E-state index in [2.05, 4.69) is 15.1 Å². The molecule has 16 heavy (non-hydrogen) atoms. The minimum absolute atomic E-state index is 0.00849. The predicted molar refractivity (Wildman–Crippen MR) is 56.9 cm³/mol. The summed E-state index contributed by atoms with van der Waals surface area (Å²) in [6.45, 7) is 1.09. The van der Waals surface area contributed by atoms with Crippen molar-refractivity contribution in [1.29, 1.82) is 0 Å². The SMILES string of the molecule is NC1COCC1c1nc(-c2cncs2)no1. The first-order valence-corrected chi connectivity index (χ1v) is 5.78. The number of ether oxygens (including phenoxy) is 1. The molecule has 2 aromatic rings. The van der Waals surface area contributed by atoms with Crippen molar-refractivity contribution in [3.05, 3.63) is 17.6 Å². The molecule has 2 atom stereocenters. The molecule has 0 saturated carbocycles. The molecule has 3 heterocycles. The van der Waals surface area contributed by atoms with E-state index in [4.69, 9.17) is 15.0 Å². The minimum Gasteiger partial charge on any atom is -0.379 e. The van der Waals surface area contributed by atoms with Crippen molar-refractivity contribution in [3.8, 4) is 10.7 Å². The van der Waals surface area contributed by atoms with Crippen LogP contribution < -0.4 is 5.73 Å². The first-order chi connectivity index (χ1) is 7.84. The van der Waals surface area contributed by atoms with Gasteiger partial charge in [0, 0.05) is 12.2 Å². The van der Waals surface area contributed by atoms with Crippen molar-refractivity contribution >= 4 is 11.3 Å². The molecule has 84 valence electrons. The van der Waals surface area contributed by atoms with Crippen molar-refractivity contribution in [2.75, 3.05) is 13.2 Å². The smallest absolute Gasteiger partial charge is 0.234 e. The number of nitrogens with two attached hydrogens (primary N) is 1. The van der Waals surface area contributed by atoms with Crippen molar-refractivity contribution in [2.24, 2.45) is 5.73 Å². The third-order valence-corrected chi connectivity index (χ3v) is 3.31. The molecular formula is C9H10N4O2S. The number of nitrogens with zero attached hydrogens (tertiary/aromatic N) is 3. The van der Waals surface area contributed by atoms with Crippen molar-refractivity contribution < 1.29 is 9.26 Å². The fourth-order valence-electron chi connectivity index (χ4n) is 1.64. The van der Waals surface area contributed by atoms with Crippen LogP contribution in [0.25, 0.3) is 10.7 Å². The molecule has 1 aliphatic rings. The van der Waals surface area contributed by atoms with Crippen LogP contribution in [0.3, 0.4) is 0 Å². The first kappa shape index (κ1) is 9.88. The van der Waals surface area contributed by atoms with Crippen LogP contribution in [0.15, 0.2) is 16.2 Å². The summed E-state index contributed by atoms with van der Waals surface area (Å²) < 4.78 is 10.5. The fraction of sp³-hybridized carbons (Fsp3) is 0.444. The van der Waals surface area contributed by atoms with Gasteiger partial charge in [0.25, 0.3) is 0 Å². The summed E-state index contributed by atoms with van der Waals surface area (Å²) in [5.74, 6) is 1.12. The molecule has 3 rings (SSSR count). The van der Waals surface area contributed by atoms with Gasteiger partial charge in [0.15, 0.2) is 0 Å². The molecule has 2 unspecified atom stereocenters. The van der Waals surface area contributed by atoms with Gasteiger partial charge in [-0.2, -0.15) is 4.98 Å². The molecule has 2 aromatic heterocycles. The van der Waals surface area contributed by atoms with E-state index in [1.54, 1.807) is 11.7 Å². The highest BCUT2D eigenvalue weighted by molar-refractivity contribution is 7.13. The Morgan fingerprint density at radius 2 is 2.38 bits per heavy atom. The van der Waals surface area contributed by atoms with E-state index >= 15 is 0 Å². The molecule has 0 aliphatic carbocycles. The second-order valence-electron chi connectivity index (χ2n) is 3.63. The minimum atomic E-state index is -0.0604. The summed E-state index contributed by atoms with van der Waals surface area (Å²) >= 11 is 1.47. The maximum absolute atomic E-state index is 5.88. The lowest BCUT2D eigenvalue weighted by molar-refractivity contribution is 0.187. The summed E-state index contributed by atoms with van der Waals surface area (Å²) in [6.07, 6.45) is 1.71. The maximum Gasteiger partial charge on any atom is 0.234 e. The molecule has 0 spiro atoms. The number of hydrogen-bond acceptors (Lipinski definition) is 7. The van der Waals surface area contributed by atoms with Gasteiger partial charge < -0.3 is 15.0 Å². The third kappa shape index (κ3) is 1.62. The van der Waals surface area contributed by atoms with E-state index in [1.807, 2.05) is 0 Å². The maximum atomic E-state index is 5.88. The number of thiazole rings is 1. The lowest BCUT2D eigenvalue weighted by atomic mass is 10.1. The molecule has 7 heteroatoms. The van der Waals surface area contributed by atoms with Gasteiger partial charge in [-0.3, -0.25) is 4.98 Å². The Hall–Kier alpha value is -1.31. The molecule has 6 nitrogen and oxygen atoms in total. The molecule has 0 aromatic carbocycles. The molecule has 1 aliphatic heterocycles. The zero-order valence-electron chi connectivity index (χ0n) is 8.37. The average Bonchev–Trinajstić information content (AvgIpc) is 2.96. The normalized spacial score (nSPS) is 25.1. The predicted octanol–water partition coefficient (Wildman–Crippen LogP) is 0.634. The van der Waals surface area contributed by atoms with Crippen LogP contribution in [0.4, 0.5) is 0 Å². The Bertz CT molecular complexity index is 470. The highest BCUT2D eigenvalue weighted by atomic mass is 32.1. The molecule has 0 amide bonds. The summed E-state index contributed by atoms with van der Waals surface area (Å²) in [5, 5.41) is 3.91. The van der Waals surface area contributed by atoms with Gasteiger partial charge in [-0.1, -0.05) is 5.16 Å². The fourth-order valence-corrected chi connectivity index (χ4v) is 2.18. The standard InChI is InChI=1S/C9H10N4O2S/c10-6-3-14-2-5(6)9-12-8(13-15-9)7-1-11-4-16-7/h1,4-6H,2-3,10H2. The van der Waals surface area contributed by atoms with Crippen LogP contribution in [-0.4, -0.2) is 34.4 Å².